The molecule has 7 nitrogen and oxygen atoms in total. The molecule has 0 amide bonds. The topological polar surface area (TPSA) is 70.7 Å². The summed E-state index contributed by atoms with van der Waals surface area (Å²) in [6.07, 6.45) is 3.21. The Morgan fingerprint density at radius 2 is 2.08 bits per heavy atom. The van der Waals surface area contributed by atoms with Gasteiger partial charge in [-0.1, -0.05) is 11.3 Å². The maximum absolute atomic E-state index is 6.16. The Morgan fingerprint density at radius 1 is 1.17 bits per heavy atom. The Hall–Kier alpha value is -2.49. The quantitative estimate of drug-likeness (QED) is 0.464. The highest BCUT2D eigenvalue weighted by molar-refractivity contribution is 14.1. The van der Waals surface area contributed by atoms with Gasteiger partial charge in [0, 0.05) is 16.2 Å². The molecule has 0 unspecified atom stereocenters. The lowest BCUT2D eigenvalue weighted by Crippen LogP contribution is -2.02. The van der Waals surface area contributed by atoms with E-state index in [0.717, 1.165) is 25.9 Å². The Labute approximate surface area is 151 Å². The molecule has 2 heterocycles. The minimum Gasteiger partial charge on any atom is -0.455 e. The van der Waals surface area contributed by atoms with Crippen LogP contribution in [-0.2, 0) is 13.6 Å². The van der Waals surface area contributed by atoms with Crippen LogP contribution in [0.3, 0.4) is 0 Å². The first-order valence-corrected chi connectivity index (χ1v) is 8.36. The van der Waals surface area contributed by atoms with Crippen LogP contribution in [-0.4, -0.2) is 29.8 Å². The number of benzene rings is 2. The van der Waals surface area contributed by atoms with Gasteiger partial charge in [0.1, 0.15) is 18.4 Å². The van der Waals surface area contributed by atoms with E-state index in [1.54, 1.807) is 15.7 Å². The van der Waals surface area contributed by atoms with Crippen LogP contribution in [0.15, 0.2) is 49.1 Å². The minimum atomic E-state index is 0.586. The normalized spacial score (nSPS) is 11.1. The van der Waals surface area contributed by atoms with Crippen LogP contribution in [0.5, 0.6) is 11.5 Å². The van der Waals surface area contributed by atoms with E-state index in [1.807, 2.05) is 37.4 Å². The number of fused-ring (bicyclic) bond motifs is 1. The summed E-state index contributed by atoms with van der Waals surface area (Å²) < 4.78 is 10.8. The van der Waals surface area contributed by atoms with E-state index in [4.69, 9.17) is 4.74 Å². The molecule has 120 valence electrons. The summed E-state index contributed by atoms with van der Waals surface area (Å²) in [5.41, 5.74) is 2.69. The summed E-state index contributed by atoms with van der Waals surface area (Å²) in [4.78, 5) is 3.99. The molecule has 0 spiro atoms. The average molecular weight is 432 g/mol. The van der Waals surface area contributed by atoms with E-state index < -0.39 is 0 Å². The van der Waals surface area contributed by atoms with Crippen molar-refractivity contribution < 1.29 is 4.74 Å². The van der Waals surface area contributed by atoms with Crippen molar-refractivity contribution in [3.05, 3.63) is 58.2 Å². The molecule has 0 radical (unpaired) electrons. The van der Waals surface area contributed by atoms with Gasteiger partial charge >= 0.3 is 0 Å². The fraction of sp³-hybridized carbons (Fsp3) is 0.125. The summed E-state index contributed by atoms with van der Waals surface area (Å²) in [5.74, 6) is 1.45. The van der Waals surface area contributed by atoms with Crippen molar-refractivity contribution in [2.75, 3.05) is 0 Å². The van der Waals surface area contributed by atoms with Gasteiger partial charge in [-0.3, -0.25) is 0 Å². The van der Waals surface area contributed by atoms with Crippen molar-refractivity contribution in [3.8, 4) is 11.5 Å². The van der Waals surface area contributed by atoms with Crippen molar-refractivity contribution in [3.63, 3.8) is 0 Å². The molecule has 0 aliphatic rings. The number of aryl methyl sites for hydroxylation is 1. The van der Waals surface area contributed by atoms with E-state index >= 15 is 0 Å². The summed E-state index contributed by atoms with van der Waals surface area (Å²) in [6.45, 7) is 0.586. The molecule has 8 heteroatoms. The predicted molar refractivity (Wildman–Crippen MR) is 96.9 cm³/mol. The van der Waals surface area contributed by atoms with Crippen LogP contribution >= 0.6 is 22.6 Å². The predicted octanol–water partition coefficient (Wildman–Crippen LogP) is 3.01. The molecule has 2 aromatic carbocycles. The highest BCUT2D eigenvalue weighted by Crippen LogP contribution is 2.31. The van der Waals surface area contributed by atoms with Crippen LogP contribution in [0.25, 0.3) is 11.0 Å². The molecule has 4 rings (SSSR count). The van der Waals surface area contributed by atoms with Crippen LogP contribution < -0.4 is 4.74 Å². The molecular formula is C16H13IN6O. The molecule has 0 atom stereocenters. The first-order chi connectivity index (χ1) is 11.7. The van der Waals surface area contributed by atoms with Gasteiger partial charge in [-0.2, -0.15) is 5.10 Å². The molecule has 0 saturated carbocycles. The van der Waals surface area contributed by atoms with E-state index in [1.165, 1.54) is 6.33 Å². The van der Waals surface area contributed by atoms with E-state index in [0.29, 0.717) is 12.3 Å². The molecule has 0 bridgehead atoms. The number of ether oxygens (including phenoxy) is 1. The smallest absolute Gasteiger partial charge is 0.157 e. The zero-order valence-corrected chi connectivity index (χ0v) is 15.0. The molecule has 4 aromatic rings. The van der Waals surface area contributed by atoms with Gasteiger partial charge in [-0.15, -0.1) is 5.10 Å². The third kappa shape index (κ3) is 2.84. The Kier molecular flexibility index (Phi) is 3.89. The number of hydrogen-bond acceptors (Lipinski definition) is 5. The van der Waals surface area contributed by atoms with Gasteiger partial charge in [-0.25, -0.2) is 14.3 Å². The van der Waals surface area contributed by atoms with Crippen LogP contribution in [0, 0.1) is 3.57 Å². The van der Waals surface area contributed by atoms with Crippen molar-refractivity contribution in [2.45, 2.75) is 6.54 Å². The Morgan fingerprint density at radius 3 is 2.92 bits per heavy atom. The van der Waals surface area contributed by atoms with Crippen molar-refractivity contribution >= 4 is 33.6 Å². The van der Waals surface area contributed by atoms with Gasteiger partial charge in [0.15, 0.2) is 11.3 Å². The lowest BCUT2D eigenvalue weighted by atomic mass is 10.2. The second-order valence-electron chi connectivity index (χ2n) is 5.28. The lowest BCUT2D eigenvalue weighted by molar-refractivity contribution is 0.476. The number of halogens is 1. The Bertz CT molecular complexity index is 995. The maximum atomic E-state index is 6.16. The molecule has 0 saturated heterocycles. The average Bonchev–Trinajstić information content (AvgIpc) is 3.21. The highest BCUT2D eigenvalue weighted by Gasteiger charge is 2.12. The third-order valence-corrected chi connectivity index (χ3v) is 4.32. The second kappa shape index (κ2) is 6.19. The minimum absolute atomic E-state index is 0.586. The van der Waals surface area contributed by atoms with Crippen molar-refractivity contribution in [1.82, 2.24) is 29.8 Å². The molecule has 0 aliphatic carbocycles. The summed E-state index contributed by atoms with van der Waals surface area (Å²) in [6, 6.07) is 11.8. The Balaban J connectivity index is 1.73. The van der Waals surface area contributed by atoms with Gasteiger partial charge in [0.05, 0.1) is 12.1 Å². The maximum Gasteiger partial charge on any atom is 0.157 e. The first kappa shape index (κ1) is 15.1. The second-order valence-corrected chi connectivity index (χ2v) is 6.53. The summed E-state index contributed by atoms with van der Waals surface area (Å²) in [5, 5.41) is 12.4. The molecule has 2 aromatic heterocycles. The number of nitrogens with zero attached hydrogens (tertiary/aromatic N) is 6. The van der Waals surface area contributed by atoms with Crippen LogP contribution in [0.2, 0.25) is 0 Å². The third-order valence-electron chi connectivity index (χ3n) is 3.65. The fourth-order valence-electron chi connectivity index (χ4n) is 2.49. The van der Waals surface area contributed by atoms with E-state index in [9.17, 15) is 0 Å². The summed E-state index contributed by atoms with van der Waals surface area (Å²) >= 11 is 2.29. The zero-order valence-electron chi connectivity index (χ0n) is 12.8. The van der Waals surface area contributed by atoms with Crippen LogP contribution in [0.1, 0.15) is 5.56 Å². The highest BCUT2D eigenvalue weighted by atomic mass is 127. The number of hydrogen-bond donors (Lipinski definition) is 0. The van der Waals surface area contributed by atoms with Crippen molar-refractivity contribution in [2.24, 2.45) is 7.05 Å². The van der Waals surface area contributed by atoms with Crippen LogP contribution in [0.4, 0.5) is 0 Å². The first-order valence-electron chi connectivity index (χ1n) is 7.28. The molecule has 0 N–H and O–H groups in total. The fourth-order valence-corrected chi connectivity index (χ4v) is 3.05. The van der Waals surface area contributed by atoms with Gasteiger partial charge in [0.2, 0.25) is 0 Å². The van der Waals surface area contributed by atoms with Gasteiger partial charge < -0.3 is 4.74 Å². The summed E-state index contributed by atoms with van der Waals surface area (Å²) in [7, 11) is 1.86. The number of rotatable bonds is 4. The molecular weight excluding hydrogens is 419 g/mol. The molecule has 0 aliphatic heterocycles. The SMILES string of the molecule is Cn1nnc2c(Oc3ccc(I)cc3Cn3cncn3)cccc21. The number of aromatic nitrogens is 6. The van der Waals surface area contributed by atoms with E-state index in [-0.39, 0.29) is 0 Å². The molecule has 0 fully saturated rings. The lowest BCUT2D eigenvalue weighted by Gasteiger charge is -2.12. The van der Waals surface area contributed by atoms with Gasteiger partial charge in [0.25, 0.3) is 0 Å². The van der Waals surface area contributed by atoms with E-state index in [2.05, 4.69) is 49.1 Å². The standard InChI is InChI=1S/C16H13IN6O/c1-22-13-3-2-4-15(16(13)20-21-22)24-14-6-5-12(17)7-11(14)8-23-10-18-9-19-23/h2-7,9-10H,8H2,1H3. The molecule has 24 heavy (non-hydrogen) atoms. The van der Waals surface area contributed by atoms with Crippen molar-refractivity contribution in [1.29, 1.82) is 0 Å². The largest absolute Gasteiger partial charge is 0.455 e. The van der Waals surface area contributed by atoms with Gasteiger partial charge in [-0.05, 0) is 52.9 Å². The zero-order chi connectivity index (χ0) is 16.5. The monoisotopic (exact) mass is 432 g/mol.